The molecule has 1 aromatic rings. The zero-order valence-corrected chi connectivity index (χ0v) is 10.2. The number of anilines is 1. The van der Waals surface area contributed by atoms with Crippen molar-refractivity contribution in [3.05, 3.63) is 24.3 Å². The molecule has 0 saturated heterocycles. The van der Waals surface area contributed by atoms with Gasteiger partial charge in [0, 0.05) is 18.0 Å². The first-order chi connectivity index (χ1) is 8.01. The van der Waals surface area contributed by atoms with Crippen molar-refractivity contribution in [3.63, 3.8) is 0 Å². The Hall–Kier alpha value is -1.04. The van der Waals surface area contributed by atoms with Crippen LogP contribution in [0.2, 0.25) is 0 Å². The van der Waals surface area contributed by atoms with Crippen LogP contribution in [0.4, 0.5) is 18.9 Å². The highest BCUT2D eigenvalue weighted by Crippen LogP contribution is 2.29. The normalized spacial score (nSPS) is 11.3. The molecule has 2 nitrogen and oxygen atoms in total. The molecule has 0 heterocycles. The highest BCUT2D eigenvalue weighted by atomic mass is 32.2. The monoisotopic (exact) mass is 265 g/mol. The number of benzene rings is 1. The minimum absolute atomic E-state index is 0.00326. The van der Waals surface area contributed by atoms with Crippen LogP contribution in [-0.2, 0) is 0 Å². The summed E-state index contributed by atoms with van der Waals surface area (Å²) in [4.78, 5) is 0. The smallest absolute Gasteiger partial charge is 0.441 e. The molecule has 0 unspecified atom stereocenters. The van der Waals surface area contributed by atoms with Crippen molar-refractivity contribution in [2.45, 2.75) is 12.4 Å². The van der Waals surface area contributed by atoms with Crippen LogP contribution in [0.25, 0.3) is 0 Å². The van der Waals surface area contributed by atoms with E-state index in [0.717, 1.165) is 11.4 Å². The van der Waals surface area contributed by atoms with Crippen LogP contribution in [0, 0.1) is 0 Å². The summed E-state index contributed by atoms with van der Waals surface area (Å²) in [6, 6.07) is 7.12. The quantitative estimate of drug-likeness (QED) is 0.791. The molecule has 0 radical (unpaired) electrons. The molecule has 0 aliphatic carbocycles. The van der Waals surface area contributed by atoms with Crippen molar-refractivity contribution >= 4 is 17.4 Å². The summed E-state index contributed by atoms with van der Waals surface area (Å²) >= 11 is -0.0231. The number of hydrogen-bond donors (Lipinski definition) is 1. The van der Waals surface area contributed by atoms with Crippen LogP contribution in [0.3, 0.4) is 0 Å². The second kappa shape index (κ2) is 6.64. The van der Waals surface area contributed by atoms with E-state index in [9.17, 15) is 13.2 Å². The third-order valence-electron chi connectivity index (χ3n) is 1.86. The van der Waals surface area contributed by atoms with Crippen LogP contribution in [0.1, 0.15) is 6.92 Å². The van der Waals surface area contributed by atoms with Crippen LogP contribution < -0.4 is 10.1 Å². The van der Waals surface area contributed by atoms with Gasteiger partial charge < -0.3 is 10.1 Å². The van der Waals surface area contributed by atoms with E-state index in [1.165, 1.54) is 0 Å². The lowest BCUT2D eigenvalue weighted by atomic mass is 10.3. The average molecular weight is 265 g/mol. The summed E-state index contributed by atoms with van der Waals surface area (Å²) in [6.07, 6.45) is 0. The first kappa shape index (κ1) is 14.0. The zero-order valence-electron chi connectivity index (χ0n) is 9.38. The molecule has 0 fully saturated rings. The van der Waals surface area contributed by atoms with Gasteiger partial charge in [-0.15, -0.1) is 0 Å². The largest absolute Gasteiger partial charge is 0.494 e. The molecule has 1 rings (SSSR count). The van der Waals surface area contributed by atoms with Gasteiger partial charge in [-0.1, -0.05) is 0 Å². The maximum Gasteiger partial charge on any atom is 0.441 e. The van der Waals surface area contributed by atoms with E-state index in [1.807, 2.05) is 6.92 Å². The number of alkyl halides is 3. The van der Waals surface area contributed by atoms with Gasteiger partial charge in [0.2, 0.25) is 0 Å². The Morgan fingerprint density at radius 1 is 1.24 bits per heavy atom. The number of hydrogen-bond acceptors (Lipinski definition) is 3. The second-order valence-electron chi connectivity index (χ2n) is 3.18. The molecule has 17 heavy (non-hydrogen) atoms. The highest BCUT2D eigenvalue weighted by molar-refractivity contribution is 8.00. The fraction of sp³-hybridized carbons (Fsp3) is 0.455. The van der Waals surface area contributed by atoms with Crippen molar-refractivity contribution in [1.29, 1.82) is 0 Å². The maximum atomic E-state index is 11.8. The van der Waals surface area contributed by atoms with Gasteiger partial charge in [0.1, 0.15) is 5.75 Å². The summed E-state index contributed by atoms with van der Waals surface area (Å²) in [5, 5.41) is 2.91. The van der Waals surface area contributed by atoms with Gasteiger partial charge in [-0.25, -0.2) is 0 Å². The molecule has 0 saturated carbocycles. The number of ether oxygens (including phenoxy) is 1. The van der Waals surface area contributed by atoms with Crippen LogP contribution in [0.15, 0.2) is 24.3 Å². The van der Waals surface area contributed by atoms with E-state index in [1.54, 1.807) is 24.3 Å². The molecule has 0 bridgehead atoms. The Morgan fingerprint density at radius 3 is 2.41 bits per heavy atom. The Labute approximate surface area is 103 Å². The Bertz CT molecular complexity index is 326. The standard InChI is InChI=1S/C11H14F3NOS/c1-2-16-10-5-3-9(4-6-10)15-7-8-17-11(12,13)14/h3-6,15H,2,7-8H2,1H3. The average Bonchev–Trinajstić information content (AvgIpc) is 2.26. The first-order valence-electron chi connectivity index (χ1n) is 5.18. The van der Waals surface area contributed by atoms with Crippen molar-refractivity contribution in [3.8, 4) is 5.75 Å². The summed E-state index contributed by atoms with van der Waals surface area (Å²) in [7, 11) is 0. The fourth-order valence-electron chi connectivity index (χ4n) is 1.20. The predicted octanol–water partition coefficient (Wildman–Crippen LogP) is 3.75. The van der Waals surface area contributed by atoms with E-state index >= 15 is 0 Å². The summed E-state index contributed by atoms with van der Waals surface area (Å²) < 4.78 is 40.8. The molecule has 0 aliphatic rings. The maximum absolute atomic E-state index is 11.8. The third-order valence-corrected chi connectivity index (χ3v) is 2.60. The summed E-state index contributed by atoms with van der Waals surface area (Å²) in [5.74, 6) is 0.749. The van der Waals surface area contributed by atoms with Crippen molar-refractivity contribution in [2.24, 2.45) is 0 Å². The lowest BCUT2D eigenvalue weighted by Crippen LogP contribution is -2.09. The van der Waals surface area contributed by atoms with Crippen molar-refractivity contribution in [1.82, 2.24) is 0 Å². The Balaban J connectivity index is 2.27. The van der Waals surface area contributed by atoms with Crippen LogP contribution in [-0.4, -0.2) is 24.4 Å². The van der Waals surface area contributed by atoms with Gasteiger partial charge in [-0.3, -0.25) is 0 Å². The fourth-order valence-corrected chi connectivity index (χ4v) is 1.63. The number of rotatable bonds is 6. The van der Waals surface area contributed by atoms with E-state index in [4.69, 9.17) is 4.74 Å². The minimum Gasteiger partial charge on any atom is -0.494 e. The second-order valence-corrected chi connectivity index (χ2v) is 4.34. The van der Waals surface area contributed by atoms with E-state index < -0.39 is 5.51 Å². The molecule has 0 atom stereocenters. The van der Waals surface area contributed by atoms with Gasteiger partial charge in [0.05, 0.1) is 6.61 Å². The molecule has 0 aromatic heterocycles. The molecule has 0 aliphatic heterocycles. The number of nitrogens with one attached hydrogen (secondary N) is 1. The SMILES string of the molecule is CCOc1ccc(NCCSC(F)(F)F)cc1. The first-order valence-corrected chi connectivity index (χ1v) is 6.17. The molecule has 6 heteroatoms. The molecule has 1 aromatic carbocycles. The molecular formula is C11H14F3NOS. The Kier molecular flexibility index (Phi) is 5.47. The molecular weight excluding hydrogens is 251 g/mol. The number of halogens is 3. The van der Waals surface area contributed by atoms with Crippen LogP contribution in [0.5, 0.6) is 5.75 Å². The molecule has 0 spiro atoms. The van der Waals surface area contributed by atoms with Crippen molar-refractivity contribution in [2.75, 3.05) is 24.2 Å². The van der Waals surface area contributed by atoms with Crippen LogP contribution >= 0.6 is 11.8 Å². The minimum atomic E-state index is -4.15. The van der Waals surface area contributed by atoms with Gasteiger partial charge in [-0.05, 0) is 43.0 Å². The molecule has 96 valence electrons. The van der Waals surface area contributed by atoms with Gasteiger partial charge in [0.25, 0.3) is 0 Å². The van der Waals surface area contributed by atoms with Crippen molar-refractivity contribution < 1.29 is 17.9 Å². The molecule has 0 amide bonds. The topological polar surface area (TPSA) is 21.3 Å². The third kappa shape index (κ3) is 6.31. The van der Waals surface area contributed by atoms with E-state index in [2.05, 4.69) is 5.32 Å². The Morgan fingerprint density at radius 2 is 1.88 bits per heavy atom. The van der Waals surface area contributed by atoms with Gasteiger partial charge >= 0.3 is 5.51 Å². The summed E-state index contributed by atoms with van der Waals surface area (Å²) in [6.45, 7) is 2.76. The number of thioether (sulfide) groups is 1. The zero-order chi connectivity index (χ0) is 12.7. The van der Waals surface area contributed by atoms with Gasteiger partial charge in [0.15, 0.2) is 0 Å². The highest BCUT2D eigenvalue weighted by Gasteiger charge is 2.27. The summed E-state index contributed by atoms with van der Waals surface area (Å²) in [5.41, 5.74) is -3.36. The predicted molar refractivity (Wildman–Crippen MR) is 64.6 cm³/mol. The van der Waals surface area contributed by atoms with E-state index in [0.29, 0.717) is 6.61 Å². The van der Waals surface area contributed by atoms with Gasteiger partial charge in [-0.2, -0.15) is 13.2 Å². The molecule has 1 N–H and O–H groups in total. The lowest BCUT2D eigenvalue weighted by molar-refractivity contribution is -0.0327. The lowest BCUT2D eigenvalue weighted by Gasteiger charge is -2.09. The van der Waals surface area contributed by atoms with E-state index in [-0.39, 0.29) is 24.1 Å².